The Balaban J connectivity index is 2.33. The van der Waals surface area contributed by atoms with Gasteiger partial charge in [-0.15, -0.1) is 11.3 Å². The summed E-state index contributed by atoms with van der Waals surface area (Å²) in [5.41, 5.74) is 5.75. The summed E-state index contributed by atoms with van der Waals surface area (Å²) in [6.45, 7) is 1.24. The van der Waals surface area contributed by atoms with Gasteiger partial charge in [-0.2, -0.15) is 0 Å². The molecule has 1 aromatic carbocycles. The van der Waals surface area contributed by atoms with E-state index < -0.39 is 0 Å². The van der Waals surface area contributed by atoms with E-state index in [2.05, 4.69) is 0 Å². The number of anilines is 1. The minimum absolute atomic E-state index is 0.615. The molecule has 1 aliphatic heterocycles. The third-order valence-corrected chi connectivity index (χ3v) is 3.19. The molecule has 2 heterocycles. The number of ether oxygens (including phenoxy) is 2. The lowest BCUT2D eigenvalue weighted by Crippen LogP contribution is -2.15. The fourth-order valence-electron chi connectivity index (χ4n) is 1.63. The van der Waals surface area contributed by atoms with E-state index in [-0.39, 0.29) is 0 Å². The number of hydrogen-bond donors (Lipinski definition) is 1. The van der Waals surface area contributed by atoms with Crippen LogP contribution in [0.25, 0.3) is 10.1 Å². The molecule has 0 unspecified atom stereocenters. The van der Waals surface area contributed by atoms with Gasteiger partial charge in [-0.1, -0.05) is 0 Å². The van der Waals surface area contributed by atoms with Crippen molar-refractivity contribution < 1.29 is 9.47 Å². The van der Waals surface area contributed by atoms with Crippen LogP contribution in [0.3, 0.4) is 0 Å². The highest BCUT2D eigenvalue weighted by Gasteiger charge is 2.16. The maximum Gasteiger partial charge on any atom is 0.179 e. The van der Waals surface area contributed by atoms with Crippen LogP contribution in [0.2, 0.25) is 0 Å². The third-order valence-electron chi connectivity index (χ3n) is 2.21. The van der Waals surface area contributed by atoms with Crippen LogP contribution in [0.5, 0.6) is 11.5 Å². The maximum atomic E-state index is 5.75. The molecule has 14 heavy (non-hydrogen) atoms. The summed E-state index contributed by atoms with van der Waals surface area (Å²) < 4.78 is 12.1. The molecule has 3 rings (SSSR count). The first-order valence-electron chi connectivity index (χ1n) is 4.42. The summed E-state index contributed by atoms with van der Waals surface area (Å²) in [4.78, 5) is 0. The van der Waals surface area contributed by atoms with Gasteiger partial charge in [0, 0.05) is 0 Å². The summed E-state index contributed by atoms with van der Waals surface area (Å²) in [5.74, 6) is 1.67. The van der Waals surface area contributed by atoms with Gasteiger partial charge >= 0.3 is 0 Å². The molecule has 0 bridgehead atoms. The zero-order chi connectivity index (χ0) is 9.54. The molecule has 0 spiro atoms. The Morgan fingerprint density at radius 2 is 2.07 bits per heavy atom. The molecule has 1 aliphatic rings. The molecule has 0 radical (unpaired) electrons. The van der Waals surface area contributed by atoms with Crippen LogP contribution < -0.4 is 15.2 Å². The molecule has 0 aliphatic carbocycles. The lowest BCUT2D eigenvalue weighted by atomic mass is 10.2. The second-order valence-corrected chi connectivity index (χ2v) is 4.24. The van der Waals surface area contributed by atoms with Crippen LogP contribution in [0.4, 0.5) is 5.00 Å². The van der Waals surface area contributed by atoms with Gasteiger partial charge in [0.25, 0.3) is 0 Å². The molecule has 0 atom stereocenters. The SMILES string of the molecule is Nc1cc2ccc3c(c2s1)OCCO3. The summed E-state index contributed by atoms with van der Waals surface area (Å²) >= 11 is 1.54. The maximum absolute atomic E-state index is 5.75. The minimum Gasteiger partial charge on any atom is -0.486 e. The Bertz CT molecular complexity index is 492. The van der Waals surface area contributed by atoms with Gasteiger partial charge < -0.3 is 15.2 Å². The Morgan fingerprint density at radius 3 is 3.00 bits per heavy atom. The topological polar surface area (TPSA) is 44.5 Å². The van der Waals surface area contributed by atoms with Gasteiger partial charge in [0.15, 0.2) is 11.5 Å². The molecule has 1 aromatic heterocycles. The van der Waals surface area contributed by atoms with Crippen molar-refractivity contribution in [3.8, 4) is 11.5 Å². The molecule has 0 saturated heterocycles. The molecule has 4 heteroatoms. The zero-order valence-electron chi connectivity index (χ0n) is 7.45. The predicted octanol–water partition coefficient (Wildman–Crippen LogP) is 2.25. The number of nitrogens with two attached hydrogens (primary N) is 1. The Morgan fingerprint density at radius 1 is 1.21 bits per heavy atom. The molecule has 0 fully saturated rings. The second-order valence-electron chi connectivity index (χ2n) is 3.16. The second kappa shape index (κ2) is 2.78. The van der Waals surface area contributed by atoms with Gasteiger partial charge in [-0.05, 0) is 23.6 Å². The standard InChI is InChI=1S/C10H9NO2S/c11-8-5-6-1-2-7-9(10(6)14-8)13-4-3-12-7/h1-2,5H,3-4,11H2. The Hall–Kier alpha value is -1.42. The minimum atomic E-state index is 0.615. The summed E-state index contributed by atoms with van der Waals surface area (Å²) in [6.07, 6.45) is 0. The fraction of sp³-hybridized carbons (Fsp3) is 0.200. The van der Waals surface area contributed by atoms with Crippen molar-refractivity contribution >= 4 is 26.4 Å². The van der Waals surface area contributed by atoms with E-state index in [1.54, 1.807) is 0 Å². The highest BCUT2D eigenvalue weighted by molar-refractivity contribution is 7.23. The quantitative estimate of drug-likeness (QED) is 0.720. The van der Waals surface area contributed by atoms with Gasteiger partial charge in [-0.3, -0.25) is 0 Å². The zero-order valence-corrected chi connectivity index (χ0v) is 8.26. The lowest BCUT2D eigenvalue weighted by Gasteiger charge is -2.18. The highest BCUT2D eigenvalue weighted by atomic mass is 32.1. The van der Waals surface area contributed by atoms with Crippen LogP contribution in [0, 0.1) is 0 Å². The summed E-state index contributed by atoms with van der Waals surface area (Å²) in [6, 6.07) is 5.90. The van der Waals surface area contributed by atoms with Crippen LogP contribution in [0.15, 0.2) is 18.2 Å². The van der Waals surface area contributed by atoms with Crippen molar-refractivity contribution in [2.45, 2.75) is 0 Å². The number of rotatable bonds is 0. The molecule has 0 amide bonds. The summed E-state index contributed by atoms with van der Waals surface area (Å²) in [7, 11) is 0. The number of hydrogen-bond acceptors (Lipinski definition) is 4. The van der Waals surface area contributed by atoms with Gasteiger partial charge in [0.1, 0.15) is 13.2 Å². The van der Waals surface area contributed by atoms with Crippen LogP contribution in [0.1, 0.15) is 0 Å². The van der Waals surface area contributed by atoms with E-state index in [0.29, 0.717) is 13.2 Å². The number of fused-ring (bicyclic) bond motifs is 3. The molecule has 2 aromatic rings. The fourth-order valence-corrected chi connectivity index (χ4v) is 2.54. The average Bonchev–Trinajstić information content (AvgIpc) is 2.59. The molecule has 72 valence electrons. The number of thiophene rings is 1. The van der Waals surface area contributed by atoms with Crippen molar-refractivity contribution in [3.63, 3.8) is 0 Å². The molecular formula is C10H9NO2S. The van der Waals surface area contributed by atoms with Gasteiger partial charge in [0.05, 0.1) is 9.70 Å². The van der Waals surface area contributed by atoms with E-state index in [0.717, 1.165) is 26.6 Å². The van der Waals surface area contributed by atoms with E-state index >= 15 is 0 Å². The van der Waals surface area contributed by atoms with E-state index in [9.17, 15) is 0 Å². The first-order valence-corrected chi connectivity index (χ1v) is 5.24. The van der Waals surface area contributed by atoms with Crippen molar-refractivity contribution in [1.29, 1.82) is 0 Å². The molecule has 0 saturated carbocycles. The lowest BCUT2D eigenvalue weighted by molar-refractivity contribution is 0.174. The highest BCUT2D eigenvalue weighted by Crippen LogP contribution is 2.42. The molecule has 3 nitrogen and oxygen atoms in total. The Kier molecular flexibility index (Phi) is 1.58. The van der Waals surface area contributed by atoms with E-state index in [1.165, 1.54) is 11.3 Å². The smallest absolute Gasteiger partial charge is 0.179 e. The average molecular weight is 207 g/mol. The van der Waals surface area contributed by atoms with Crippen molar-refractivity contribution in [2.24, 2.45) is 0 Å². The van der Waals surface area contributed by atoms with Crippen LogP contribution in [-0.4, -0.2) is 13.2 Å². The van der Waals surface area contributed by atoms with Crippen molar-refractivity contribution in [3.05, 3.63) is 18.2 Å². The molecule has 2 N–H and O–H groups in total. The monoisotopic (exact) mass is 207 g/mol. The van der Waals surface area contributed by atoms with E-state index in [1.807, 2.05) is 18.2 Å². The predicted molar refractivity (Wildman–Crippen MR) is 57.2 cm³/mol. The van der Waals surface area contributed by atoms with Crippen LogP contribution >= 0.6 is 11.3 Å². The van der Waals surface area contributed by atoms with Crippen molar-refractivity contribution in [1.82, 2.24) is 0 Å². The van der Waals surface area contributed by atoms with Crippen molar-refractivity contribution in [2.75, 3.05) is 18.9 Å². The Labute approximate surface area is 85.0 Å². The van der Waals surface area contributed by atoms with Gasteiger partial charge in [0.2, 0.25) is 0 Å². The molecular weight excluding hydrogens is 198 g/mol. The van der Waals surface area contributed by atoms with Crippen LogP contribution in [-0.2, 0) is 0 Å². The first kappa shape index (κ1) is 7.94. The first-order chi connectivity index (χ1) is 6.84. The number of benzene rings is 1. The largest absolute Gasteiger partial charge is 0.486 e. The normalized spacial score (nSPS) is 14.6. The van der Waals surface area contributed by atoms with Gasteiger partial charge in [-0.25, -0.2) is 0 Å². The third kappa shape index (κ3) is 1.04. The summed E-state index contributed by atoms with van der Waals surface area (Å²) in [5, 5.41) is 1.93. The van der Waals surface area contributed by atoms with E-state index in [4.69, 9.17) is 15.2 Å². The number of nitrogen functional groups attached to an aromatic ring is 1.